The Morgan fingerprint density at radius 3 is 3.00 bits per heavy atom. The van der Waals surface area contributed by atoms with Crippen molar-refractivity contribution in [2.45, 2.75) is 19.4 Å². The van der Waals surface area contributed by atoms with Gasteiger partial charge in [-0.3, -0.25) is 4.98 Å². The van der Waals surface area contributed by atoms with E-state index in [4.69, 9.17) is 5.73 Å². The Hall–Kier alpha value is -2.73. The zero-order valence-corrected chi connectivity index (χ0v) is 13.6. The summed E-state index contributed by atoms with van der Waals surface area (Å²) in [5.41, 5.74) is 9.12. The lowest BCUT2D eigenvalue weighted by Gasteiger charge is -2.13. The summed E-state index contributed by atoms with van der Waals surface area (Å²) >= 11 is 0. The van der Waals surface area contributed by atoms with Crippen LogP contribution in [0.1, 0.15) is 12.0 Å². The molecule has 3 aromatic rings. The number of anilines is 2. The van der Waals surface area contributed by atoms with Crippen LogP contribution in [0.4, 0.5) is 11.6 Å². The first-order valence-electron chi connectivity index (χ1n) is 8.15. The quantitative estimate of drug-likeness (QED) is 0.686. The number of nitrogens with one attached hydrogen (secondary N) is 2. The predicted octanol–water partition coefficient (Wildman–Crippen LogP) is 2.36. The largest absolute Gasteiger partial charge is 0.383 e. The van der Waals surface area contributed by atoms with Gasteiger partial charge in [-0.05, 0) is 49.0 Å². The Balaban J connectivity index is 1.76. The van der Waals surface area contributed by atoms with Crippen molar-refractivity contribution in [3.05, 3.63) is 42.4 Å². The first kappa shape index (κ1) is 14.8. The molecule has 24 heavy (non-hydrogen) atoms. The van der Waals surface area contributed by atoms with Crippen molar-refractivity contribution in [3.8, 4) is 11.3 Å². The molecule has 3 aromatic heterocycles. The number of hydrogen-bond acceptors (Lipinski definition) is 6. The summed E-state index contributed by atoms with van der Waals surface area (Å²) in [7, 11) is 0. The summed E-state index contributed by atoms with van der Waals surface area (Å²) in [4.78, 5) is 13.2. The molecule has 0 amide bonds. The molecule has 122 valence electrons. The molecule has 6 heteroatoms. The van der Waals surface area contributed by atoms with Gasteiger partial charge in [0.05, 0.1) is 5.69 Å². The summed E-state index contributed by atoms with van der Waals surface area (Å²) in [5, 5.41) is 8.73. The molecule has 1 saturated heterocycles. The third-order valence-corrected chi connectivity index (χ3v) is 4.47. The lowest BCUT2D eigenvalue weighted by atomic mass is 10.1. The van der Waals surface area contributed by atoms with Crippen molar-refractivity contribution in [2.24, 2.45) is 0 Å². The monoisotopic (exact) mass is 320 g/mol. The van der Waals surface area contributed by atoms with Gasteiger partial charge < -0.3 is 16.4 Å². The molecule has 0 aromatic carbocycles. The summed E-state index contributed by atoms with van der Waals surface area (Å²) in [5.74, 6) is 1.36. The molecule has 0 bridgehead atoms. The van der Waals surface area contributed by atoms with E-state index in [-0.39, 0.29) is 0 Å². The van der Waals surface area contributed by atoms with Crippen molar-refractivity contribution in [1.29, 1.82) is 0 Å². The van der Waals surface area contributed by atoms with Crippen LogP contribution < -0.4 is 16.4 Å². The standard InChI is InChI=1S/C18H20N6/c1-11-2-4-21-9-14(11)16-6-12-7-17(23-13-3-5-20-8-13)22-10-15(12)18(19)24-16/h2,4,6-7,9-10,13,20H,3,5,8H2,1H3,(H2,19,24)(H,22,23)/t13-/m0/s1. The molecule has 1 aliphatic rings. The van der Waals surface area contributed by atoms with Crippen LogP contribution in [0.2, 0.25) is 0 Å². The Bertz CT molecular complexity index is 886. The minimum Gasteiger partial charge on any atom is -0.383 e. The lowest BCUT2D eigenvalue weighted by molar-refractivity contribution is 0.788. The highest BCUT2D eigenvalue weighted by molar-refractivity contribution is 5.94. The maximum atomic E-state index is 6.16. The van der Waals surface area contributed by atoms with Gasteiger partial charge in [-0.1, -0.05) is 0 Å². The van der Waals surface area contributed by atoms with Crippen molar-refractivity contribution in [1.82, 2.24) is 20.3 Å². The maximum Gasteiger partial charge on any atom is 0.133 e. The molecule has 0 spiro atoms. The first-order chi connectivity index (χ1) is 11.7. The minimum atomic E-state index is 0.425. The third-order valence-electron chi connectivity index (χ3n) is 4.47. The third kappa shape index (κ3) is 2.76. The van der Waals surface area contributed by atoms with Crippen LogP contribution in [0.3, 0.4) is 0 Å². The smallest absolute Gasteiger partial charge is 0.133 e. The van der Waals surface area contributed by atoms with Gasteiger partial charge >= 0.3 is 0 Å². The molecule has 1 atom stereocenters. The zero-order valence-electron chi connectivity index (χ0n) is 13.6. The predicted molar refractivity (Wildman–Crippen MR) is 96.8 cm³/mol. The van der Waals surface area contributed by atoms with Gasteiger partial charge in [0, 0.05) is 42.1 Å². The Labute approximate surface area is 140 Å². The van der Waals surface area contributed by atoms with E-state index in [2.05, 4.69) is 31.7 Å². The molecule has 4 heterocycles. The second-order valence-electron chi connectivity index (χ2n) is 6.21. The van der Waals surface area contributed by atoms with Crippen molar-refractivity contribution < 1.29 is 0 Å². The van der Waals surface area contributed by atoms with E-state index in [1.54, 1.807) is 12.4 Å². The fraction of sp³-hybridized carbons (Fsp3) is 0.278. The number of nitrogens with two attached hydrogens (primary N) is 1. The van der Waals surface area contributed by atoms with Gasteiger partial charge in [-0.15, -0.1) is 0 Å². The second-order valence-corrected chi connectivity index (χ2v) is 6.21. The van der Waals surface area contributed by atoms with E-state index >= 15 is 0 Å². The molecule has 1 aliphatic heterocycles. The number of nitrogens with zero attached hydrogens (tertiary/aromatic N) is 3. The highest BCUT2D eigenvalue weighted by Gasteiger charge is 2.15. The highest BCUT2D eigenvalue weighted by atomic mass is 15.1. The molecule has 0 unspecified atom stereocenters. The van der Waals surface area contributed by atoms with E-state index in [9.17, 15) is 0 Å². The fourth-order valence-corrected chi connectivity index (χ4v) is 3.11. The van der Waals surface area contributed by atoms with E-state index in [1.165, 1.54) is 0 Å². The molecule has 0 aliphatic carbocycles. The molecule has 0 radical (unpaired) electrons. The average molecular weight is 320 g/mol. The summed E-state index contributed by atoms with van der Waals surface area (Å²) in [6.07, 6.45) is 6.51. The van der Waals surface area contributed by atoms with Crippen molar-refractivity contribution in [2.75, 3.05) is 24.1 Å². The van der Waals surface area contributed by atoms with E-state index < -0.39 is 0 Å². The van der Waals surface area contributed by atoms with Gasteiger partial charge in [0.2, 0.25) is 0 Å². The number of aromatic nitrogens is 3. The molecule has 6 nitrogen and oxygen atoms in total. The topological polar surface area (TPSA) is 88.8 Å². The summed E-state index contributed by atoms with van der Waals surface area (Å²) < 4.78 is 0. The summed E-state index contributed by atoms with van der Waals surface area (Å²) in [6, 6.07) is 6.49. The molecule has 4 rings (SSSR count). The van der Waals surface area contributed by atoms with E-state index in [0.29, 0.717) is 11.9 Å². The number of hydrogen-bond donors (Lipinski definition) is 3. The first-order valence-corrected chi connectivity index (χ1v) is 8.15. The van der Waals surface area contributed by atoms with Gasteiger partial charge in [0.1, 0.15) is 11.6 Å². The SMILES string of the molecule is Cc1ccncc1-c1cc2cc(N[C@H]3CCNC3)ncc2c(N)n1. The van der Waals surface area contributed by atoms with Gasteiger partial charge in [-0.2, -0.15) is 0 Å². The number of rotatable bonds is 3. The molecular formula is C18H20N6. The van der Waals surface area contributed by atoms with Crippen LogP contribution >= 0.6 is 0 Å². The van der Waals surface area contributed by atoms with Crippen LogP contribution in [0, 0.1) is 6.92 Å². The van der Waals surface area contributed by atoms with Crippen molar-refractivity contribution in [3.63, 3.8) is 0 Å². The van der Waals surface area contributed by atoms with Crippen molar-refractivity contribution >= 4 is 22.4 Å². The van der Waals surface area contributed by atoms with Crippen LogP contribution in [-0.2, 0) is 0 Å². The molecule has 1 fully saturated rings. The van der Waals surface area contributed by atoms with Gasteiger partial charge in [0.25, 0.3) is 0 Å². The fourth-order valence-electron chi connectivity index (χ4n) is 3.11. The molecular weight excluding hydrogens is 300 g/mol. The molecule has 4 N–H and O–H groups in total. The Kier molecular flexibility index (Phi) is 3.74. The zero-order chi connectivity index (χ0) is 16.5. The summed E-state index contributed by atoms with van der Waals surface area (Å²) in [6.45, 7) is 4.07. The van der Waals surface area contributed by atoms with E-state index in [1.807, 2.05) is 25.3 Å². The van der Waals surface area contributed by atoms with Gasteiger partial charge in [0.15, 0.2) is 0 Å². The number of nitrogen functional groups attached to an aromatic ring is 1. The highest BCUT2D eigenvalue weighted by Crippen LogP contribution is 2.28. The average Bonchev–Trinajstić information content (AvgIpc) is 3.08. The normalized spacial score (nSPS) is 17.3. The second kappa shape index (κ2) is 6.05. The Morgan fingerprint density at radius 2 is 2.21 bits per heavy atom. The number of pyridine rings is 3. The Morgan fingerprint density at radius 1 is 1.29 bits per heavy atom. The van der Waals surface area contributed by atoms with Crippen LogP contribution in [-0.4, -0.2) is 34.1 Å². The van der Waals surface area contributed by atoms with Crippen LogP contribution in [0.5, 0.6) is 0 Å². The lowest BCUT2D eigenvalue weighted by Crippen LogP contribution is -2.22. The maximum absolute atomic E-state index is 6.16. The van der Waals surface area contributed by atoms with E-state index in [0.717, 1.165) is 52.9 Å². The number of fused-ring (bicyclic) bond motifs is 1. The minimum absolute atomic E-state index is 0.425. The van der Waals surface area contributed by atoms with Crippen LogP contribution in [0.15, 0.2) is 36.8 Å². The van der Waals surface area contributed by atoms with Gasteiger partial charge in [-0.25, -0.2) is 9.97 Å². The van der Waals surface area contributed by atoms with Crippen LogP contribution in [0.25, 0.3) is 22.0 Å². The molecule has 0 saturated carbocycles. The number of aryl methyl sites for hydroxylation is 1.